The molecule has 1 saturated heterocycles. The number of likely N-dealkylation sites (tertiary alicyclic amines) is 1. The van der Waals surface area contributed by atoms with E-state index in [-0.39, 0.29) is 5.41 Å². The minimum Gasteiger partial charge on any atom is -0.342 e. The summed E-state index contributed by atoms with van der Waals surface area (Å²) < 4.78 is 0. The van der Waals surface area contributed by atoms with E-state index in [2.05, 4.69) is 34.6 Å². The Bertz CT molecular complexity index is 262. The van der Waals surface area contributed by atoms with Crippen molar-refractivity contribution in [2.75, 3.05) is 13.1 Å². The zero-order chi connectivity index (χ0) is 12.6. The third-order valence-electron chi connectivity index (χ3n) is 3.93. The Balaban J connectivity index is 2.77. The number of hydrogen-bond acceptors (Lipinski definition) is 1. The van der Waals surface area contributed by atoms with Crippen LogP contribution in [-0.4, -0.2) is 23.9 Å². The first kappa shape index (κ1) is 13.5. The van der Waals surface area contributed by atoms with Gasteiger partial charge in [-0.25, -0.2) is 0 Å². The van der Waals surface area contributed by atoms with Crippen LogP contribution in [0.3, 0.4) is 0 Å². The molecule has 1 atom stereocenters. The van der Waals surface area contributed by atoms with Crippen LogP contribution in [0.2, 0.25) is 0 Å². The number of nitrogens with zero attached hydrogens (tertiary/aromatic N) is 1. The summed E-state index contributed by atoms with van der Waals surface area (Å²) in [5, 5.41) is 0. The molecule has 0 bridgehead atoms. The fourth-order valence-corrected chi connectivity index (χ4v) is 3.40. The van der Waals surface area contributed by atoms with Crippen molar-refractivity contribution < 1.29 is 4.79 Å². The van der Waals surface area contributed by atoms with E-state index in [1.165, 1.54) is 0 Å². The molecular formula is C14H27NO. The standard InChI is InChI=1S/C14H27NO/c1-7-12(16)15-9-8-11(13(2,3)4)14(5,6)10-15/h11H,7-10H2,1-6H3. The van der Waals surface area contributed by atoms with Crippen LogP contribution in [0.1, 0.15) is 54.4 Å². The lowest BCUT2D eigenvalue weighted by atomic mass is 9.62. The van der Waals surface area contributed by atoms with Gasteiger partial charge < -0.3 is 4.90 Å². The van der Waals surface area contributed by atoms with E-state index in [9.17, 15) is 4.79 Å². The largest absolute Gasteiger partial charge is 0.342 e. The lowest BCUT2D eigenvalue weighted by Crippen LogP contribution is -2.51. The van der Waals surface area contributed by atoms with Gasteiger partial charge in [-0.1, -0.05) is 41.5 Å². The van der Waals surface area contributed by atoms with Crippen molar-refractivity contribution in [1.82, 2.24) is 4.90 Å². The van der Waals surface area contributed by atoms with Gasteiger partial charge in [0.05, 0.1) is 0 Å². The predicted molar refractivity (Wildman–Crippen MR) is 68.2 cm³/mol. The summed E-state index contributed by atoms with van der Waals surface area (Å²) in [6.45, 7) is 15.4. The van der Waals surface area contributed by atoms with Gasteiger partial charge in [0, 0.05) is 19.5 Å². The van der Waals surface area contributed by atoms with E-state index in [0.717, 1.165) is 19.5 Å². The number of carbonyl (C=O) groups is 1. The maximum Gasteiger partial charge on any atom is 0.222 e. The molecule has 16 heavy (non-hydrogen) atoms. The van der Waals surface area contributed by atoms with Crippen molar-refractivity contribution in [2.24, 2.45) is 16.7 Å². The van der Waals surface area contributed by atoms with Gasteiger partial charge in [-0.05, 0) is 23.2 Å². The van der Waals surface area contributed by atoms with Crippen molar-refractivity contribution in [2.45, 2.75) is 54.4 Å². The molecule has 0 saturated carbocycles. The topological polar surface area (TPSA) is 20.3 Å². The molecule has 2 heteroatoms. The molecule has 1 aliphatic rings. The molecule has 0 aromatic heterocycles. The monoisotopic (exact) mass is 225 g/mol. The zero-order valence-corrected chi connectivity index (χ0v) is 11.8. The van der Waals surface area contributed by atoms with Gasteiger partial charge in [-0.2, -0.15) is 0 Å². The van der Waals surface area contributed by atoms with Gasteiger partial charge in [-0.3, -0.25) is 4.79 Å². The third-order valence-corrected chi connectivity index (χ3v) is 3.93. The van der Waals surface area contributed by atoms with Gasteiger partial charge in [0.2, 0.25) is 5.91 Å². The number of carbonyl (C=O) groups excluding carboxylic acids is 1. The Morgan fingerprint density at radius 2 is 1.94 bits per heavy atom. The molecule has 1 heterocycles. The van der Waals surface area contributed by atoms with Crippen LogP contribution in [0.25, 0.3) is 0 Å². The molecule has 0 N–H and O–H groups in total. The fourth-order valence-electron chi connectivity index (χ4n) is 3.40. The van der Waals surface area contributed by atoms with Crippen LogP contribution in [0.5, 0.6) is 0 Å². The molecule has 1 amide bonds. The van der Waals surface area contributed by atoms with E-state index < -0.39 is 0 Å². The highest BCUT2D eigenvalue weighted by Gasteiger charge is 2.42. The minimum atomic E-state index is 0.237. The quantitative estimate of drug-likeness (QED) is 0.670. The number of rotatable bonds is 1. The third kappa shape index (κ3) is 2.78. The lowest BCUT2D eigenvalue weighted by Gasteiger charge is -2.50. The van der Waals surface area contributed by atoms with Crippen molar-refractivity contribution >= 4 is 5.91 Å². The molecule has 1 aliphatic heterocycles. The first-order valence-electron chi connectivity index (χ1n) is 6.46. The molecule has 1 rings (SSSR count). The van der Waals surface area contributed by atoms with Crippen molar-refractivity contribution in [3.63, 3.8) is 0 Å². The fraction of sp³-hybridized carbons (Fsp3) is 0.929. The van der Waals surface area contributed by atoms with E-state index in [0.29, 0.717) is 23.7 Å². The number of amides is 1. The summed E-state index contributed by atoms with van der Waals surface area (Å²) in [7, 11) is 0. The molecule has 0 radical (unpaired) electrons. The van der Waals surface area contributed by atoms with Gasteiger partial charge >= 0.3 is 0 Å². The normalized spacial score (nSPS) is 25.6. The van der Waals surface area contributed by atoms with Gasteiger partial charge in [-0.15, -0.1) is 0 Å². The molecule has 0 spiro atoms. The summed E-state index contributed by atoms with van der Waals surface area (Å²) in [6.07, 6.45) is 1.78. The number of piperidine rings is 1. The van der Waals surface area contributed by atoms with Crippen LogP contribution < -0.4 is 0 Å². The molecule has 0 aromatic rings. The van der Waals surface area contributed by atoms with Crippen LogP contribution in [0.15, 0.2) is 0 Å². The maximum absolute atomic E-state index is 11.7. The average molecular weight is 225 g/mol. The van der Waals surface area contributed by atoms with E-state index in [1.807, 2.05) is 11.8 Å². The van der Waals surface area contributed by atoms with Gasteiger partial charge in [0.25, 0.3) is 0 Å². The average Bonchev–Trinajstić information content (AvgIpc) is 2.12. The smallest absolute Gasteiger partial charge is 0.222 e. The van der Waals surface area contributed by atoms with Crippen molar-refractivity contribution in [3.8, 4) is 0 Å². The van der Waals surface area contributed by atoms with Gasteiger partial charge in [0.1, 0.15) is 0 Å². The van der Waals surface area contributed by atoms with Crippen LogP contribution in [-0.2, 0) is 4.79 Å². The Morgan fingerprint density at radius 3 is 2.31 bits per heavy atom. The molecule has 0 aliphatic carbocycles. The van der Waals surface area contributed by atoms with Crippen LogP contribution in [0.4, 0.5) is 0 Å². The summed E-state index contributed by atoms with van der Waals surface area (Å²) in [5.41, 5.74) is 0.576. The Labute approximate surface area is 100 Å². The Morgan fingerprint density at radius 1 is 1.38 bits per heavy atom. The highest BCUT2D eigenvalue weighted by molar-refractivity contribution is 5.75. The molecule has 0 aromatic carbocycles. The minimum absolute atomic E-state index is 0.237. The maximum atomic E-state index is 11.7. The molecule has 1 unspecified atom stereocenters. The van der Waals surface area contributed by atoms with Crippen molar-refractivity contribution in [3.05, 3.63) is 0 Å². The SMILES string of the molecule is CCC(=O)N1CCC(C(C)(C)C)C(C)(C)C1. The predicted octanol–water partition coefficient (Wildman–Crippen LogP) is 3.32. The van der Waals surface area contributed by atoms with E-state index in [1.54, 1.807) is 0 Å². The molecule has 1 fully saturated rings. The second-order valence-electron chi connectivity index (χ2n) is 6.86. The van der Waals surface area contributed by atoms with Crippen molar-refractivity contribution in [1.29, 1.82) is 0 Å². The highest BCUT2D eigenvalue weighted by Crippen LogP contribution is 2.45. The van der Waals surface area contributed by atoms with Crippen LogP contribution >= 0.6 is 0 Å². The Hall–Kier alpha value is -0.530. The molecule has 2 nitrogen and oxygen atoms in total. The molecule has 94 valence electrons. The highest BCUT2D eigenvalue weighted by atomic mass is 16.2. The van der Waals surface area contributed by atoms with Gasteiger partial charge in [0.15, 0.2) is 0 Å². The Kier molecular flexibility index (Phi) is 3.71. The van der Waals surface area contributed by atoms with Crippen LogP contribution in [0, 0.1) is 16.7 Å². The molecular weight excluding hydrogens is 198 g/mol. The second kappa shape index (κ2) is 4.38. The summed E-state index contributed by atoms with van der Waals surface area (Å²) in [5.74, 6) is 1.00. The van der Waals surface area contributed by atoms with E-state index in [4.69, 9.17) is 0 Å². The zero-order valence-electron chi connectivity index (χ0n) is 11.8. The summed E-state index contributed by atoms with van der Waals surface area (Å²) in [4.78, 5) is 13.8. The van der Waals surface area contributed by atoms with E-state index >= 15 is 0 Å². The first-order valence-corrected chi connectivity index (χ1v) is 6.46. The number of hydrogen-bond donors (Lipinski definition) is 0. The lowest BCUT2D eigenvalue weighted by molar-refractivity contribution is -0.137. The summed E-state index contributed by atoms with van der Waals surface area (Å²) in [6, 6.07) is 0. The first-order chi connectivity index (χ1) is 7.18. The summed E-state index contributed by atoms with van der Waals surface area (Å²) >= 11 is 0. The second-order valence-corrected chi connectivity index (χ2v) is 6.86.